The molecule has 0 unspecified atom stereocenters. The zero-order chi connectivity index (χ0) is 19.7. The van der Waals surface area contributed by atoms with Crippen LogP contribution in [0, 0.1) is 0 Å². The third-order valence-electron chi connectivity index (χ3n) is 5.33. The lowest BCUT2D eigenvalue weighted by Gasteiger charge is -2.38. The monoisotopic (exact) mass is 395 g/mol. The number of halogens is 1. The first-order chi connectivity index (χ1) is 14.3. The Morgan fingerprint density at radius 1 is 0.655 bits per heavy atom. The Bertz CT molecular complexity index is 1150. The van der Waals surface area contributed by atoms with Crippen LogP contribution < -0.4 is 0 Å². The summed E-state index contributed by atoms with van der Waals surface area (Å²) in [7, 11) is 0. The normalized spacial score (nSPS) is 11.6. The van der Waals surface area contributed by atoms with E-state index in [0.717, 1.165) is 27.7 Å². The molecule has 0 spiro atoms. The Balaban J connectivity index is 1.97. The lowest BCUT2D eigenvalue weighted by Crippen LogP contribution is -2.37. The highest BCUT2D eigenvalue weighted by atomic mass is 35.5. The Labute approximate surface area is 174 Å². The van der Waals surface area contributed by atoms with Crippen molar-refractivity contribution in [3.05, 3.63) is 131 Å². The molecule has 140 valence electrons. The molecule has 29 heavy (non-hydrogen) atoms. The molecule has 3 nitrogen and oxygen atoms in total. The van der Waals surface area contributed by atoms with Gasteiger partial charge in [-0.25, -0.2) is 4.98 Å². The molecule has 0 aliphatic heterocycles. The van der Waals surface area contributed by atoms with Gasteiger partial charge < -0.3 is 4.57 Å². The van der Waals surface area contributed by atoms with Crippen LogP contribution in [0.2, 0.25) is 5.28 Å². The fraction of sp³-hybridized carbons (Fsp3) is 0.0400. The highest BCUT2D eigenvalue weighted by Gasteiger charge is 2.39. The summed E-state index contributed by atoms with van der Waals surface area (Å²) in [5.74, 6) is 0. The fourth-order valence-electron chi connectivity index (χ4n) is 4.12. The van der Waals surface area contributed by atoms with Gasteiger partial charge in [-0.3, -0.25) is 0 Å². The maximum Gasteiger partial charge on any atom is 0.224 e. The van der Waals surface area contributed by atoms with Gasteiger partial charge in [-0.2, -0.15) is 4.98 Å². The molecule has 0 N–H and O–H groups in total. The van der Waals surface area contributed by atoms with Crippen LogP contribution >= 0.6 is 11.6 Å². The molecular formula is C25H18ClN3. The molecule has 0 saturated carbocycles. The highest BCUT2D eigenvalue weighted by Crippen LogP contribution is 2.42. The molecule has 5 rings (SSSR count). The fourth-order valence-corrected chi connectivity index (χ4v) is 4.25. The van der Waals surface area contributed by atoms with E-state index in [9.17, 15) is 0 Å². The second-order valence-corrected chi connectivity index (χ2v) is 7.25. The van der Waals surface area contributed by atoms with E-state index in [-0.39, 0.29) is 5.28 Å². The maximum absolute atomic E-state index is 6.20. The van der Waals surface area contributed by atoms with Crippen LogP contribution in [0.1, 0.15) is 16.7 Å². The number of rotatable bonds is 4. The summed E-state index contributed by atoms with van der Waals surface area (Å²) in [5.41, 5.74) is 3.61. The highest BCUT2D eigenvalue weighted by molar-refractivity contribution is 6.28. The molecule has 0 saturated heterocycles. The van der Waals surface area contributed by atoms with E-state index in [0.29, 0.717) is 0 Å². The average Bonchev–Trinajstić information content (AvgIpc) is 3.20. The van der Waals surface area contributed by atoms with Crippen molar-refractivity contribution in [2.75, 3.05) is 0 Å². The molecule has 4 heteroatoms. The van der Waals surface area contributed by atoms with Gasteiger partial charge in [0, 0.05) is 17.8 Å². The van der Waals surface area contributed by atoms with Crippen LogP contribution in [0.25, 0.3) is 11.0 Å². The molecule has 2 aromatic heterocycles. The van der Waals surface area contributed by atoms with E-state index in [4.69, 9.17) is 11.6 Å². The molecule has 0 aliphatic rings. The van der Waals surface area contributed by atoms with Gasteiger partial charge in [0.25, 0.3) is 0 Å². The van der Waals surface area contributed by atoms with Gasteiger partial charge in [0.1, 0.15) is 11.2 Å². The van der Waals surface area contributed by atoms with Crippen LogP contribution in [0.5, 0.6) is 0 Å². The number of hydrogen-bond donors (Lipinski definition) is 0. The van der Waals surface area contributed by atoms with Crippen LogP contribution in [0.3, 0.4) is 0 Å². The Hall–Kier alpha value is -3.43. The SMILES string of the molecule is Clc1ncc2ccn(C(c3ccccc3)(c3ccccc3)c3ccccc3)c2n1. The van der Waals surface area contributed by atoms with Crippen molar-refractivity contribution < 1.29 is 0 Å². The Morgan fingerprint density at radius 3 is 1.62 bits per heavy atom. The minimum absolute atomic E-state index is 0.237. The number of fused-ring (bicyclic) bond motifs is 1. The van der Waals surface area contributed by atoms with Gasteiger partial charge in [0.2, 0.25) is 5.28 Å². The van der Waals surface area contributed by atoms with Crippen LogP contribution in [-0.2, 0) is 5.54 Å². The molecule has 2 heterocycles. The van der Waals surface area contributed by atoms with Crippen LogP contribution in [0.15, 0.2) is 109 Å². The molecule has 0 radical (unpaired) electrons. The van der Waals surface area contributed by atoms with Crippen molar-refractivity contribution in [3.63, 3.8) is 0 Å². The molecule has 0 atom stereocenters. The van der Waals surface area contributed by atoms with Gasteiger partial charge in [-0.1, -0.05) is 91.0 Å². The molecular weight excluding hydrogens is 378 g/mol. The number of nitrogens with zero attached hydrogens (tertiary/aromatic N) is 3. The number of aromatic nitrogens is 3. The summed E-state index contributed by atoms with van der Waals surface area (Å²) in [5, 5.41) is 1.18. The van der Waals surface area contributed by atoms with Crippen molar-refractivity contribution in [2.45, 2.75) is 5.54 Å². The maximum atomic E-state index is 6.20. The molecule has 3 aromatic carbocycles. The molecule has 0 aliphatic carbocycles. The van der Waals surface area contributed by atoms with Crippen molar-refractivity contribution >= 4 is 22.6 Å². The average molecular weight is 396 g/mol. The topological polar surface area (TPSA) is 30.7 Å². The summed E-state index contributed by atoms with van der Waals surface area (Å²) >= 11 is 6.20. The van der Waals surface area contributed by atoms with Gasteiger partial charge in [-0.05, 0) is 34.4 Å². The Morgan fingerprint density at radius 2 is 1.14 bits per heavy atom. The van der Waals surface area contributed by atoms with Crippen LogP contribution in [-0.4, -0.2) is 14.5 Å². The van der Waals surface area contributed by atoms with Gasteiger partial charge in [0.05, 0.1) is 0 Å². The van der Waals surface area contributed by atoms with E-state index in [1.807, 2.05) is 24.3 Å². The largest absolute Gasteiger partial charge is 0.314 e. The minimum atomic E-state index is -0.608. The Kier molecular flexibility index (Phi) is 4.38. The third kappa shape index (κ3) is 2.82. The predicted octanol–water partition coefficient (Wildman–Crippen LogP) is 5.92. The van der Waals surface area contributed by atoms with Crippen molar-refractivity contribution in [1.82, 2.24) is 14.5 Å². The summed E-state index contributed by atoms with van der Waals surface area (Å²) in [6.45, 7) is 0. The summed E-state index contributed by atoms with van der Waals surface area (Å²) in [4.78, 5) is 8.76. The smallest absolute Gasteiger partial charge is 0.224 e. The zero-order valence-electron chi connectivity index (χ0n) is 15.6. The van der Waals surface area contributed by atoms with E-state index in [2.05, 4.69) is 93.5 Å². The van der Waals surface area contributed by atoms with Gasteiger partial charge >= 0.3 is 0 Å². The first kappa shape index (κ1) is 17.7. The second-order valence-electron chi connectivity index (χ2n) is 6.91. The second kappa shape index (κ2) is 7.19. The lowest BCUT2D eigenvalue weighted by atomic mass is 9.76. The third-order valence-corrected chi connectivity index (χ3v) is 5.52. The van der Waals surface area contributed by atoms with E-state index in [1.54, 1.807) is 6.20 Å². The van der Waals surface area contributed by atoms with Crippen molar-refractivity contribution in [3.8, 4) is 0 Å². The lowest BCUT2D eigenvalue weighted by molar-refractivity contribution is 0.530. The molecule has 0 amide bonds. The first-order valence-electron chi connectivity index (χ1n) is 9.47. The number of benzene rings is 3. The summed E-state index contributed by atoms with van der Waals surface area (Å²) < 4.78 is 2.20. The van der Waals surface area contributed by atoms with E-state index in [1.165, 1.54) is 0 Å². The van der Waals surface area contributed by atoms with Gasteiger partial charge in [0.15, 0.2) is 0 Å². The van der Waals surface area contributed by atoms with E-state index >= 15 is 0 Å². The zero-order valence-corrected chi connectivity index (χ0v) is 16.4. The van der Waals surface area contributed by atoms with Gasteiger partial charge in [-0.15, -0.1) is 0 Å². The predicted molar refractivity (Wildman–Crippen MR) is 117 cm³/mol. The van der Waals surface area contributed by atoms with Crippen molar-refractivity contribution in [2.24, 2.45) is 0 Å². The van der Waals surface area contributed by atoms with E-state index < -0.39 is 5.54 Å². The van der Waals surface area contributed by atoms with Crippen LogP contribution in [0.4, 0.5) is 0 Å². The molecule has 0 fully saturated rings. The summed E-state index contributed by atoms with van der Waals surface area (Å²) in [6, 6.07) is 33.6. The van der Waals surface area contributed by atoms with Crippen molar-refractivity contribution in [1.29, 1.82) is 0 Å². The standard InChI is InChI=1S/C25H18ClN3/c26-24-27-18-19-16-17-29(23(19)28-24)25(20-10-4-1-5-11-20,21-12-6-2-7-13-21)22-14-8-3-9-15-22/h1-18H. The first-order valence-corrected chi connectivity index (χ1v) is 9.84. The molecule has 5 aromatic rings. The quantitative estimate of drug-likeness (QED) is 0.279. The summed E-state index contributed by atoms with van der Waals surface area (Å²) in [6.07, 6.45) is 3.84. The molecule has 0 bridgehead atoms. The minimum Gasteiger partial charge on any atom is -0.314 e. The number of hydrogen-bond acceptors (Lipinski definition) is 2.